The SMILES string of the molecule is CCCc1ccc(N(c2ccc(C)c(C)c2)c2ccc(-c3ccc(N(c4ccc(CCC)cc4)c4ccc(C)c(C)c4)c(C)c3)cc2C)cc1. The highest BCUT2D eigenvalue weighted by Crippen LogP contribution is 2.41. The summed E-state index contributed by atoms with van der Waals surface area (Å²) in [6.07, 6.45) is 4.50. The van der Waals surface area contributed by atoms with Gasteiger partial charge in [0.25, 0.3) is 0 Å². The van der Waals surface area contributed by atoms with Crippen LogP contribution in [0.15, 0.2) is 121 Å². The van der Waals surface area contributed by atoms with Crippen LogP contribution in [0.5, 0.6) is 0 Å². The molecule has 0 bridgehead atoms. The van der Waals surface area contributed by atoms with Crippen LogP contribution >= 0.6 is 0 Å². The van der Waals surface area contributed by atoms with Crippen LogP contribution in [0.2, 0.25) is 0 Å². The predicted molar refractivity (Wildman–Crippen MR) is 218 cm³/mol. The maximum absolute atomic E-state index is 2.41. The summed E-state index contributed by atoms with van der Waals surface area (Å²) in [5.41, 5.74) is 20.0. The average molecular weight is 657 g/mol. The number of benzene rings is 6. The summed E-state index contributed by atoms with van der Waals surface area (Å²) in [7, 11) is 0. The molecule has 50 heavy (non-hydrogen) atoms. The lowest BCUT2D eigenvalue weighted by Gasteiger charge is -2.29. The predicted octanol–water partition coefficient (Wildman–Crippen LogP) is 14.0. The van der Waals surface area contributed by atoms with Crippen molar-refractivity contribution in [3.63, 3.8) is 0 Å². The maximum Gasteiger partial charge on any atom is 0.0491 e. The summed E-state index contributed by atoms with van der Waals surface area (Å²) >= 11 is 0. The second kappa shape index (κ2) is 15.2. The molecule has 0 saturated heterocycles. The third-order valence-corrected chi connectivity index (χ3v) is 10.2. The molecule has 0 N–H and O–H groups in total. The quantitative estimate of drug-likeness (QED) is 0.137. The van der Waals surface area contributed by atoms with Gasteiger partial charge in [0, 0.05) is 34.1 Å². The molecule has 6 aromatic rings. The van der Waals surface area contributed by atoms with Crippen molar-refractivity contribution in [2.45, 2.75) is 81.1 Å². The fourth-order valence-electron chi connectivity index (χ4n) is 6.96. The minimum atomic E-state index is 1.10. The monoisotopic (exact) mass is 656 g/mol. The maximum atomic E-state index is 2.41. The summed E-state index contributed by atoms with van der Waals surface area (Å²) in [6, 6.07) is 45.6. The molecule has 2 heteroatoms. The normalized spacial score (nSPS) is 11.1. The van der Waals surface area contributed by atoms with Gasteiger partial charge in [-0.1, -0.05) is 75.2 Å². The second-order valence-electron chi connectivity index (χ2n) is 14.0. The molecule has 0 saturated carbocycles. The first-order valence-corrected chi connectivity index (χ1v) is 18.3. The number of aryl methyl sites for hydroxylation is 8. The van der Waals surface area contributed by atoms with Gasteiger partial charge in [0.15, 0.2) is 0 Å². The van der Waals surface area contributed by atoms with E-state index in [4.69, 9.17) is 0 Å². The molecule has 0 heterocycles. The van der Waals surface area contributed by atoms with Crippen LogP contribution in [0.4, 0.5) is 34.1 Å². The molecule has 0 aliphatic heterocycles. The summed E-state index contributed by atoms with van der Waals surface area (Å²) < 4.78 is 0. The number of rotatable bonds is 11. The first-order chi connectivity index (χ1) is 24.2. The first kappa shape index (κ1) is 34.8. The van der Waals surface area contributed by atoms with Gasteiger partial charge in [0.1, 0.15) is 0 Å². The van der Waals surface area contributed by atoms with Gasteiger partial charge in [0.05, 0.1) is 0 Å². The van der Waals surface area contributed by atoms with E-state index in [1.54, 1.807) is 0 Å². The van der Waals surface area contributed by atoms with Crippen molar-refractivity contribution < 1.29 is 0 Å². The molecule has 6 aromatic carbocycles. The first-order valence-electron chi connectivity index (χ1n) is 18.3. The van der Waals surface area contributed by atoms with E-state index < -0.39 is 0 Å². The van der Waals surface area contributed by atoms with Crippen LogP contribution in [-0.2, 0) is 12.8 Å². The zero-order valence-corrected chi connectivity index (χ0v) is 31.3. The molecule has 0 amide bonds. The van der Waals surface area contributed by atoms with Gasteiger partial charge in [0.2, 0.25) is 0 Å². The van der Waals surface area contributed by atoms with E-state index in [1.165, 1.54) is 89.8 Å². The standard InChI is InChI=1S/C48H52N2/c1-9-11-39-15-23-43(24-16-39)49(45-21-13-33(3)35(5)31-45)47-27-19-41(29-37(47)7)42-20-28-48(38(8)30-42)50(46-22-14-34(4)36(6)32-46)44-25-17-40(12-10-2)18-26-44/h13-32H,9-12H2,1-8H3. The highest BCUT2D eigenvalue weighted by Gasteiger charge is 2.19. The van der Waals surface area contributed by atoms with Gasteiger partial charge >= 0.3 is 0 Å². The number of hydrogen-bond donors (Lipinski definition) is 0. The van der Waals surface area contributed by atoms with Gasteiger partial charge in [-0.05, 0) is 183 Å². The molecule has 0 radical (unpaired) electrons. The molecule has 0 atom stereocenters. The minimum Gasteiger partial charge on any atom is -0.310 e. The molecule has 0 aliphatic carbocycles. The van der Waals surface area contributed by atoms with Crippen molar-refractivity contribution in [3.8, 4) is 11.1 Å². The topological polar surface area (TPSA) is 6.48 Å². The molecule has 2 nitrogen and oxygen atoms in total. The van der Waals surface area contributed by atoms with E-state index in [0.717, 1.165) is 25.7 Å². The van der Waals surface area contributed by atoms with Crippen molar-refractivity contribution >= 4 is 34.1 Å². The van der Waals surface area contributed by atoms with Gasteiger partial charge in [-0.15, -0.1) is 0 Å². The molecular weight excluding hydrogens is 605 g/mol. The van der Waals surface area contributed by atoms with Crippen LogP contribution in [0.3, 0.4) is 0 Å². The van der Waals surface area contributed by atoms with Crippen molar-refractivity contribution in [3.05, 3.63) is 166 Å². The van der Waals surface area contributed by atoms with Crippen molar-refractivity contribution in [1.82, 2.24) is 0 Å². The van der Waals surface area contributed by atoms with Gasteiger partial charge < -0.3 is 9.80 Å². The summed E-state index contributed by atoms with van der Waals surface area (Å²) in [6.45, 7) is 17.7. The third kappa shape index (κ3) is 7.41. The van der Waals surface area contributed by atoms with E-state index in [1.807, 2.05) is 0 Å². The Hall–Kier alpha value is -5.08. The van der Waals surface area contributed by atoms with Gasteiger partial charge in [-0.25, -0.2) is 0 Å². The molecule has 254 valence electrons. The average Bonchev–Trinajstić information content (AvgIpc) is 3.11. The van der Waals surface area contributed by atoms with Crippen LogP contribution in [-0.4, -0.2) is 0 Å². The molecule has 0 fully saturated rings. The Kier molecular flexibility index (Phi) is 10.6. The lowest BCUT2D eigenvalue weighted by Crippen LogP contribution is -2.12. The summed E-state index contributed by atoms with van der Waals surface area (Å²) in [4.78, 5) is 4.81. The minimum absolute atomic E-state index is 1.10. The smallest absolute Gasteiger partial charge is 0.0491 e. The van der Waals surface area contributed by atoms with E-state index in [2.05, 4.69) is 187 Å². The summed E-state index contributed by atoms with van der Waals surface area (Å²) in [5, 5.41) is 0. The molecule has 0 spiro atoms. The Morgan fingerprint density at radius 2 is 0.700 bits per heavy atom. The van der Waals surface area contributed by atoms with Gasteiger partial charge in [-0.3, -0.25) is 0 Å². The Bertz CT molecular complexity index is 1930. The van der Waals surface area contributed by atoms with Crippen LogP contribution < -0.4 is 9.80 Å². The van der Waals surface area contributed by atoms with E-state index >= 15 is 0 Å². The third-order valence-electron chi connectivity index (χ3n) is 10.2. The largest absolute Gasteiger partial charge is 0.310 e. The summed E-state index contributed by atoms with van der Waals surface area (Å²) in [5.74, 6) is 0. The van der Waals surface area contributed by atoms with E-state index in [9.17, 15) is 0 Å². The second-order valence-corrected chi connectivity index (χ2v) is 14.0. The Balaban J connectivity index is 1.38. The zero-order valence-electron chi connectivity index (χ0n) is 31.3. The number of anilines is 6. The molecule has 0 unspecified atom stereocenters. The van der Waals surface area contributed by atoms with Crippen LogP contribution in [0.1, 0.15) is 71.2 Å². The van der Waals surface area contributed by atoms with Crippen molar-refractivity contribution in [1.29, 1.82) is 0 Å². The molecule has 6 rings (SSSR count). The number of nitrogens with zero attached hydrogens (tertiary/aromatic N) is 2. The molecule has 0 aromatic heterocycles. The number of hydrogen-bond acceptors (Lipinski definition) is 2. The van der Waals surface area contributed by atoms with E-state index in [0.29, 0.717) is 0 Å². The highest BCUT2D eigenvalue weighted by molar-refractivity contribution is 5.83. The lowest BCUT2D eigenvalue weighted by molar-refractivity contribution is 0.922. The fourth-order valence-corrected chi connectivity index (χ4v) is 6.96. The van der Waals surface area contributed by atoms with Crippen molar-refractivity contribution in [2.75, 3.05) is 9.80 Å². The molecular formula is C48H52N2. The Labute approximate surface area is 301 Å². The fraction of sp³-hybridized carbons (Fsp3) is 0.250. The zero-order chi connectivity index (χ0) is 35.4. The van der Waals surface area contributed by atoms with E-state index in [-0.39, 0.29) is 0 Å². The van der Waals surface area contributed by atoms with Crippen LogP contribution in [0, 0.1) is 41.5 Å². The van der Waals surface area contributed by atoms with Crippen LogP contribution in [0.25, 0.3) is 11.1 Å². The van der Waals surface area contributed by atoms with Gasteiger partial charge in [-0.2, -0.15) is 0 Å². The Morgan fingerprint density at radius 3 is 1.02 bits per heavy atom. The Morgan fingerprint density at radius 1 is 0.340 bits per heavy atom. The van der Waals surface area contributed by atoms with Crippen molar-refractivity contribution in [2.24, 2.45) is 0 Å². The lowest BCUT2D eigenvalue weighted by atomic mass is 9.98. The highest BCUT2D eigenvalue weighted by atomic mass is 15.1. The molecule has 0 aliphatic rings.